The Morgan fingerprint density at radius 3 is 2.00 bits per heavy atom. The number of carbonyl (C=O) groups is 1. The molecule has 1 nitrogen and oxygen atoms in total. The topological polar surface area (TPSA) is 17.1 Å². The lowest BCUT2D eigenvalue weighted by Gasteiger charge is -2.21. The fraction of sp³-hybridized carbons (Fsp3) is 0.875. The van der Waals surface area contributed by atoms with Crippen LogP contribution in [0.3, 0.4) is 0 Å². The number of hydrogen-bond donors (Lipinski definition) is 0. The van der Waals surface area contributed by atoms with Crippen molar-refractivity contribution in [3.8, 4) is 0 Å². The molecule has 0 aliphatic rings. The summed E-state index contributed by atoms with van der Waals surface area (Å²) in [5.74, 6) is 0.123. The molecule has 11 heavy (non-hydrogen) atoms. The molecule has 0 N–H and O–H groups in total. The molecule has 0 aromatic carbocycles. The monoisotopic (exact) mass is 196 g/mol. The summed E-state index contributed by atoms with van der Waals surface area (Å²) in [4.78, 5) is 10.7. The molecule has 0 rings (SSSR count). The highest BCUT2D eigenvalue weighted by Crippen LogP contribution is 2.26. The quantitative estimate of drug-likeness (QED) is 0.502. The van der Waals surface area contributed by atoms with Crippen molar-refractivity contribution < 1.29 is 4.79 Å². The standard InChI is InChI=1S/C8H14Cl2O/c1-8(2,3)4-6(5-9)7(10)11/h6H,4-5H2,1-3H3. The Hall–Kier alpha value is 0.250. The molecule has 0 spiro atoms. The predicted octanol–water partition coefficient (Wildman–Crippen LogP) is 3.04. The van der Waals surface area contributed by atoms with Gasteiger partial charge in [-0.15, -0.1) is 11.6 Å². The van der Waals surface area contributed by atoms with E-state index in [0.29, 0.717) is 5.88 Å². The van der Waals surface area contributed by atoms with Crippen LogP contribution in [0.15, 0.2) is 0 Å². The maximum atomic E-state index is 10.7. The Labute approximate surface area is 78.1 Å². The van der Waals surface area contributed by atoms with Crippen LogP contribution in [0, 0.1) is 11.3 Å². The van der Waals surface area contributed by atoms with E-state index < -0.39 is 0 Å². The molecule has 0 aromatic heterocycles. The van der Waals surface area contributed by atoms with Gasteiger partial charge in [0.25, 0.3) is 0 Å². The van der Waals surface area contributed by atoms with Crippen molar-refractivity contribution in [3.63, 3.8) is 0 Å². The van der Waals surface area contributed by atoms with Crippen molar-refractivity contribution in [3.05, 3.63) is 0 Å². The van der Waals surface area contributed by atoms with Gasteiger partial charge >= 0.3 is 0 Å². The smallest absolute Gasteiger partial charge is 0.225 e. The zero-order chi connectivity index (χ0) is 9.07. The maximum Gasteiger partial charge on any atom is 0.225 e. The van der Waals surface area contributed by atoms with Gasteiger partial charge in [-0.3, -0.25) is 4.79 Å². The van der Waals surface area contributed by atoms with Gasteiger partial charge < -0.3 is 0 Å². The summed E-state index contributed by atoms with van der Waals surface area (Å²) in [5, 5.41) is -0.324. The fourth-order valence-electron chi connectivity index (χ4n) is 0.935. The Balaban J connectivity index is 3.99. The molecule has 1 unspecified atom stereocenters. The van der Waals surface area contributed by atoms with Crippen LogP contribution in [0.4, 0.5) is 0 Å². The Morgan fingerprint density at radius 2 is 1.91 bits per heavy atom. The van der Waals surface area contributed by atoms with Crippen molar-refractivity contribution in [2.75, 3.05) is 5.88 Å². The normalized spacial score (nSPS) is 14.6. The molecule has 0 fully saturated rings. The van der Waals surface area contributed by atoms with Crippen molar-refractivity contribution in [2.24, 2.45) is 11.3 Å². The summed E-state index contributed by atoms with van der Waals surface area (Å²) in [5.41, 5.74) is 0.115. The summed E-state index contributed by atoms with van der Waals surface area (Å²) in [6, 6.07) is 0. The van der Waals surface area contributed by atoms with Gasteiger partial charge in [-0.2, -0.15) is 0 Å². The van der Waals surface area contributed by atoms with E-state index in [4.69, 9.17) is 23.2 Å². The second-order valence-electron chi connectivity index (χ2n) is 3.92. The highest BCUT2D eigenvalue weighted by atomic mass is 35.5. The summed E-state index contributed by atoms with van der Waals surface area (Å²) in [7, 11) is 0. The molecule has 66 valence electrons. The van der Waals surface area contributed by atoms with Crippen LogP contribution in [0.1, 0.15) is 27.2 Å². The molecule has 0 radical (unpaired) electrons. The maximum absolute atomic E-state index is 10.7. The van der Waals surface area contributed by atoms with E-state index in [1.165, 1.54) is 0 Å². The number of carbonyl (C=O) groups excluding carboxylic acids is 1. The van der Waals surface area contributed by atoms with Crippen LogP contribution in [-0.4, -0.2) is 11.1 Å². The molecular formula is C8H14Cl2O. The molecule has 1 atom stereocenters. The van der Waals surface area contributed by atoms with Gasteiger partial charge in [-0.25, -0.2) is 0 Å². The van der Waals surface area contributed by atoms with Crippen LogP contribution >= 0.6 is 23.2 Å². The lowest BCUT2D eigenvalue weighted by Crippen LogP contribution is -2.19. The average molecular weight is 197 g/mol. The van der Waals surface area contributed by atoms with Crippen molar-refractivity contribution >= 4 is 28.4 Å². The van der Waals surface area contributed by atoms with Gasteiger partial charge in [0, 0.05) is 11.8 Å². The summed E-state index contributed by atoms with van der Waals surface area (Å²) >= 11 is 10.9. The highest BCUT2D eigenvalue weighted by Gasteiger charge is 2.22. The minimum Gasteiger partial charge on any atom is -0.281 e. The van der Waals surface area contributed by atoms with Gasteiger partial charge in [0.1, 0.15) is 0 Å². The molecule has 0 saturated heterocycles. The Kier molecular flexibility index (Phi) is 4.42. The number of halogens is 2. The van der Waals surface area contributed by atoms with E-state index in [1.54, 1.807) is 0 Å². The summed E-state index contributed by atoms with van der Waals surface area (Å²) < 4.78 is 0. The first-order valence-electron chi connectivity index (χ1n) is 3.62. The minimum atomic E-state index is -0.324. The lowest BCUT2D eigenvalue weighted by molar-refractivity contribution is -0.115. The molecular weight excluding hydrogens is 183 g/mol. The van der Waals surface area contributed by atoms with E-state index in [9.17, 15) is 4.79 Å². The Morgan fingerprint density at radius 1 is 1.45 bits per heavy atom. The fourth-order valence-corrected chi connectivity index (χ4v) is 1.42. The third kappa shape index (κ3) is 5.51. The average Bonchev–Trinajstić information content (AvgIpc) is 1.80. The first kappa shape index (κ1) is 11.2. The van der Waals surface area contributed by atoms with E-state index >= 15 is 0 Å². The van der Waals surface area contributed by atoms with E-state index in [0.717, 1.165) is 6.42 Å². The van der Waals surface area contributed by atoms with Gasteiger partial charge in [0.05, 0.1) is 0 Å². The third-order valence-corrected chi connectivity index (χ3v) is 2.05. The van der Waals surface area contributed by atoms with Crippen LogP contribution in [0.2, 0.25) is 0 Å². The lowest BCUT2D eigenvalue weighted by atomic mass is 9.86. The SMILES string of the molecule is CC(C)(C)CC(CCl)C(=O)Cl. The number of alkyl halides is 1. The molecule has 0 bridgehead atoms. The summed E-state index contributed by atoms with van der Waals surface area (Å²) in [6.45, 7) is 6.19. The highest BCUT2D eigenvalue weighted by molar-refractivity contribution is 6.64. The molecule has 0 aliphatic heterocycles. The van der Waals surface area contributed by atoms with E-state index in [-0.39, 0.29) is 16.6 Å². The number of hydrogen-bond acceptors (Lipinski definition) is 1. The van der Waals surface area contributed by atoms with Gasteiger partial charge in [-0.1, -0.05) is 20.8 Å². The second-order valence-corrected chi connectivity index (χ2v) is 4.60. The first-order valence-corrected chi connectivity index (χ1v) is 4.53. The van der Waals surface area contributed by atoms with E-state index in [2.05, 4.69) is 20.8 Å². The van der Waals surface area contributed by atoms with Crippen LogP contribution < -0.4 is 0 Å². The first-order chi connectivity index (χ1) is 4.87. The summed E-state index contributed by atoms with van der Waals surface area (Å²) in [6.07, 6.45) is 0.749. The number of rotatable bonds is 3. The second kappa shape index (κ2) is 4.32. The molecule has 0 amide bonds. The zero-order valence-electron chi connectivity index (χ0n) is 7.16. The van der Waals surface area contributed by atoms with Crippen LogP contribution in [-0.2, 0) is 4.79 Å². The molecule has 0 aliphatic carbocycles. The van der Waals surface area contributed by atoms with Crippen molar-refractivity contribution in [1.82, 2.24) is 0 Å². The molecule has 0 heterocycles. The van der Waals surface area contributed by atoms with Crippen LogP contribution in [0.5, 0.6) is 0 Å². The van der Waals surface area contributed by atoms with E-state index in [1.807, 2.05) is 0 Å². The van der Waals surface area contributed by atoms with Gasteiger partial charge in [0.2, 0.25) is 5.24 Å². The molecule has 3 heteroatoms. The predicted molar refractivity (Wildman–Crippen MR) is 49.1 cm³/mol. The largest absolute Gasteiger partial charge is 0.281 e. The molecule has 0 aromatic rings. The minimum absolute atomic E-state index is 0.115. The van der Waals surface area contributed by atoms with Gasteiger partial charge in [-0.05, 0) is 23.4 Å². The zero-order valence-corrected chi connectivity index (χ0v) is 8.67. The van der Waals surface area contributed by atoms with Crippen LogP contribution in [0.25, 0.3) is 0 Å². The van der Waals surface area contributed by atoms with Crippen molar-refractivity contribution in [2.45, 2.75) is 27.2 Å². The van der Waals surface area contributed by atoms with Crippen molar-refractivity contribution in [1.29, 1.82) is 0 Å². The molecule has 0 saturated carbocycles. The van der Waals surface area contributed by atoms with Gasteiger partial charge in [0.15, 0.2) is 0 Å². The third-order valence-electron chi connectivity index (χ3n) is 1.37. The Bertz CT molecular complexity index is 138.